The van der Waals surface area contributed by atoms with E-state index in [0.29, 0.717) is 18.5 Å². The van der Waals surface area contributed by atoms with Gasteiger partial charge in [-0.25, -0.2) is 0 Å². The maximum absolute atomic E-state index is 13.0. The van der Waals surface area contributed by atoms with Gasteiger partial charge in [0.1, 0.15) is 0 Å². The fraction of sp³-hybridized carbons (Fsp3) is 0.457. The molecule has 1 fully saturated rings. The fourth-order valence-electron chi connectivity index (χ4n) is 6.47. The van der Waals surface area contributed by atoms with E-state index >= 15 is 0 Å². The Labute approximate surface area is 265 Å². The van der Waals surface area contributed by atoms with Gasteiger partial charge < -0.3 is 20.1 Å². The molecule has 0 bridgehead atoms. The van der Waals surface area contributed by atoms with E-state index in [-0.39, 0.29) is 30.7 Å². The van der Waals surface area contributed by atoms with Gasteiger partial charge in [0.2, 0.25) is 0 Å². The molecule has 10 nitrogen and oxygen atoms in total. The molecule has 1 aliphatic heterocycles. The number of carboxylic acids is 1. The molecule has 2 aromatic rings. The number of ether oxygens (including phenoxy) is 1. The molecule has 0 spiro atoms. The van der Waals surface area contributed by atoms with Crippen LogP contribution in [0.1, 0.15) is 49.8 Å². The number of rotatable bonds is 16. The third kappa shape index (κ3) is 9.45. The molecule has 240 valence electrons. The topological polar surface area (TPSA) is 125 Å². The number of esters is 1. The van der Waals surface area contributed by atoms with Crippen LogP contribution >= 0.6 is 0 Å². The second kappa shape index (κ2) is 16.8. The lowest BCUT2D eigenvalue weighted by Crippen LogP contribution is -2.49. The number of nitro groups is 1. The van der Waals surface area contributed by atoms with Crippen molar-refractivity contribution < 1.29 is 24.4 Å². The van der Waals surface area contributed by atoms with Gasteiger partial charge in [-0.3, -0.25) is 24.6 Å². The highest BCUT2D eigenvalue weighted by Crippen LogP contribution is 2.34. The molecule has 1 aliphatic carbocycles. The standard InChI is InChI=1S/C35H44N4O6/c1-3-36-26(2)33(35(41)42)31(29-16-10-17-30(24-29)39(43)44)25-32(40)45-23-11-18-37-19-21-38(22-20-37)34(27-12-6-4-7-13-27)28-14-8-5-9-15-28/h4-8,10,12-17,24,26,28,31,33-34,36H,3,11,18-23,25H2,1-2H3,(H,41,42). The zero-order chi connectivity index (χ0) is 32.2. The molecule has 5 atom stereocenters. The number of hydrogen-bond acceptors (Lipinski definition) is 8. The smallest absolute Gasteiger partial charge is 0.308 e. The first kappa shape index (κ1) is 33.8. The van der Waals surface area contributed by atoms with Crippen LogP contribution in [-0.2, 0) is 14.3 Å². The molecule has 5 unspecified atom stereocenters. The van der Waals surface area contributed by atoms with Crippen LogP contribution in [0.2, 0.25) is 0 Å². The first-order chi connectivity index (χ1) is 21.8. The van der Waals surface area contributed by atoms with E-state index in [1.54, 1.807) is 13.0 Å². The van der Waals surface area contributed by atoms with Gasteiger partial charge in [-0.2, -0.15) is 0 Å². The van der Waals surface area contributed by atoms with Crippen LogP contribution in [0, 0.1) is 22.0 Å². The number of carbonyl (C=O) groups is 2. The van der Waals surface area contributed by atoms with Crippen LogP contribution in [0.5, 0.6) is 0 Å². The maximum atomic E-state index is 13.0. The van der Waals surface area contributed by atoms with Crippen LogP contribution < -0.4 is 5.32 Å². The van der Waals surface area contributed by atoms with Crippen molar-refractivity contribution >= 4 is 17.6 Å². The zero-order valence-corrected chi connectivity index (χ0v) is 26.1. The van der Waals surface area contributed by atoms with E-state index in [9.17, 15) is 24.8 Å². The Morgan fingerprint density at radius 1 is 1.11 bits per heavy atom. The van der Waals surface area contributed by atoms with E-state index in [1.807, 2.05) is 19.1 Å². The number of aliphatic carboxylic acids is 1. The Morgan fingerprint density at radius 2 is 1.84 bits per heavy atom. The number of allylic oxidation sites excluding steroid dienone is 1. The minimum atomic E-state index is -1.08. The van der Waals surface area contributed by atoms with Gasteiger partial charge in [0, 0.05) is 68.8 Å². The minimum Gasteiger partial charge on any atom is -0.481 e. The van der Waals surface area contributed by atoms with Crippen LogP contribution in [0.15, 0.2) is 84.6 Å². The summed E-state index contributed by atoms with van der Waals surface area (Å²) in [5.74, 6) is -3.10. The molecule has 2 N–H and O–H groups in total. The fourth-order valence-corrected chi connectivity index (χ4v) is 6.47. The van der Waals surface area contributed by atoms with Crippen molar-refractivity contribution in [2.75, 3.05) is 45.9 Å². The summed E-state index contributed by atoms with van der Waals surface area (Å²) in [5, 5.41) is 24.6. The summed E-state index contributed by atoms with van der Waals surface area (Å²) in [5.41, 5.74) is 4.83. The molecule has 0 amide bonds. The number of carboxylic acid groups (broad SMARTS) is 1. The molecule has 2 aliphatic rings. The van der Waals surface area contributed by atoms with Gasteiger partial charge >= 0.3 is 11.9 Å². The Kier molecular flexibility index (Phi) is 12.7. The molecule has 45 heavy (non-hydrogen) atoms. The van der Waals surface area contributed by atoms with E-state index in [2.05, 4.69) is 63.3 Å². The van der Waals surface area contributed by atoms with Crippen molar-refractivity contribution in [1.29, 1.82) is 0 Å². The zero-order valence-electron chi connectivity index (χ0n) is 26.1. The summed E-state index contributed by atoms with van der Waals surface area (Å²) in [6.07, 6.45) is 8.84. The van der Waals surface area contributed by atoms with E-state index < -0.39 is 34.7 Å². The highest BCUT2D eigenvalue weighted by Gasteiger charge is 2.36. The van der Waals surface area contributed by atoms with Gasteiger partial charge in [0.05, 0.1) is 23.9 Å². The third-order valence-electron chi connectivity index (χ3n) is 8.68. The number of nitro benzene ring substituents is 1. The summed E-state index contributed by atoms with van der Waals surface area (Å²) in [4.78, 5) is 41.2. The van der Waals surface area contributed by atoms with E-state index in [1.165, 1.54) is 23.8 Å². The number of piperazine rings is 1. The van der Waals surface area contributed by atoms with Crippen LogP contribution in [-0.4, -0.2) is 83.7 Å². The van der Waals surface area contributed by atoms with Gasteiger partial charge in [0.25, 0.3) is 5.69 Å². The minimum absolute atomic E-state index is 0.148. The molecular weight excluding hydrogens is 572 g/mol. The van der Waals surface area contributed by atoms with Crippen molar-refractivity contribution in [2.45, 2.75) is 44.7 Å². The van der Waals surface area contributed by atoms with E-state index in [0.717, 1.165) is 32.7 Å². The van der Waals surface area contributed by atoms with Gasteiger partial charge in [-0.1, -0.05) is 61.5 Å². The molecule has 10 heteroatoms. The van der Waals surface area contributed by atoms with Gasteiger partial charge in [0.15, 0.2) is 0 Å². The Bertz CT molecular complexity index is 1380. The van der Waals surface area contributed by atoms with Gasteiger partial charge in [-0.15, -0.1) is 5.73 Å². The van der Waals surface area contributed by atoms with Crippen molar-refractivity contribution in [3.63, 3.8) is 0 Å². The normalized spacial score (nSPS) is 19.5. The molecule has 1 heterocycles. The molecule has 1 saturated heterocycles. The summed E-state index contributed by atoms with van der Waals surface area (Å²) in [6, 6.07) is 16.2. The predicted octanol–water partition coefficient (Wildman–Crippen LogP) is 4.96. The molecule has 4 rings (SSSR count). The third-order valence-corrected chi connectivity index (χ3v) is 8.68. The average Bonchev–Trinajstić information content (AvgIpc) is 3.04. The summed E-state index contributed by atoms with van der Waals surface area (Å²) >= 11 is 0. The van der Waals surface area contributed by atoms with Crippen molar-refractivity contribution in [2.24, 2.45) is 11.8 Å². The Hall–Kier alpha value is -4.08. The first-order valence-corrected chi connectivity index (χ1v) is 15.7. The van der Waals surface area contributed by atoms with Gasteiger partial charge in [-0.05, 0) is 43.2 Å². The van der Waals surface area contributed by atoms with Crippen molar-refractivity contribution in [3.05, 3.63) is 106 Å². The lowest BCUT2D eigenvalue weighted by Gasteiger charge is -2.41. The number of hydrogen-bond donors (Lipinski definition) is 2. The monoisotopic (exact) mass is 616 g/mol. The van der Waals surface area contributed by atoms with Crippen LogP contribution in [0.25, 0.3) is 0 Å². The quantitative estimate of drug-likeness (QED) is 0.0885. The molecular formula is C35H44N4O6. The van der Waals surface area contributed by atoms with Crippen molar-refractivity contribution in [3.8, 4) is 0 Å². The largest absolute Gasteiger partial charge is 0.481 e. The summed E-state index contributed by atoms with van der Waals surface area (Å²) < 4.78 is 5.58. The lowest BCUT2D eigenvalue weighted by molar-refractivity contribution is -0.384. The molecule has 0 saturated carbocycles. The number of nitrogens with one attached hydrogen (secondary N) is 1. The first-order valence-electron chi connectivity index (χ1n) is 15.7. The summed E-state index contributed by atoms with van der Waals surface area (Å²) in [7, 11) is 0. The number of benzene rings is 2. The highest BCUT2D eigenvalue weighted by atomic mass is 16.6. The number of non-ortho nitro benzene ring substituents is 1. The molecule has 0 radical (unpaired) electrons. The Morgan fingerprint density at radius 3 is 2.49 bits per heavy atom. The lowest BCUT2D eigenvalue weighted by atomic mass is 9.79. The second-order valence-electron chi connectivity index (χ2n) is 11.6. The number of carbonyl (C=O) groups excluding carboxylic acids is 1. The summed E-state index contributed by atoms with van der Waals surface area (Å²) in [6.45, 7) is 8.83. The molecule has 0 aromatic heterocycles. The van der Waals surface area contributed by atoms with Crippen molar-refractivity contribution in [1.82, 2.24) is 15.1 Å². The van der Waals surface area contributed by atoms with Crippen LogP contribution in [0.3, 0.4) is 0 Å². The second-order valence-corrected chi connectivity index (χ2v) is 11.6. The predicted molar refractivity (Wildman–Crippen MR) is 173 cm³/mol. The Balaban J connectivity index is 1.31. The SMILES string of the molecule is CCNC(C)C(C(=O)O)C(CC(=O)OCCCN1CCN(C(c2ccccc2)C2C=C=CC=C2)CC1)c1cccc([N+](=O)[O-])c1. The highest BCUT2D eigenvalue weighted by molar-refractivity contribution is 5.76. The maximum Gasteiger partial charge on any atom is 0.308 e. The van der Waals surface area contributed by atoms with Crippen LogP contribution in [0.4, 0.5) is 5.69 Å². The van der Waals surface area contributed by atoms with E-state index in [4.69, 9.17) is 4.74 Å². The number of nitrogens with zero attached hydrogens (tertiary/aromatic N) is 3. The molecule has 2 aromatic carbocycles. The average molecular weight is 617 g/mol.